The fourth-order valence-corrected chi connectivity index (χ4v) is 3.90. The Morgan fingerprint density at radius 3 is 2.56 bits per heavy atom. The number of fused-ring (bicyclic) bond motifs is 1. The van der Waals surface area contributed by atoms with Crippen molar-refractivity contribution < 1.29 is 19.4 Å². The van der Waals surface area contributed by atoms with Gasteiger partial charge in [0.2, 0.25) is 0 Å². The van der Waals surface area contributed by atoms with Gasteiger partial charge in [0.05, 0.1) is 7.11 Å². The first-order chi connectivity index (χ1) is 12.0. The van der Waals surface area contributed by atoms with Gasteiger partial charge in [-0.2, -0.15) is 0 Å². The largest absolute Gasteiger partial charge is 0.497 e. The number of carbonyl (C=O) groups is 2. The van der Waals surface area contributed by atoms with E-state index >= 15 is 0 Å². The van der Waals surface area contributed by atoms with E-state index in [0.29, 0.717) is 19.6 Å². The third kappa shape index (κ3) is 3.28. The summed E-state index contributed by atoms with van der Waals surface area (Å²) in [6.45, 7) is 5.32. The summed E-state index contributed by atoms with van der Waals surface area (Å²) < 4.78 is 5.11. The number of benzene rings is 1. The molecular weight excluding hydrogens is 322 g/mol. The highest BCUT2D eigenvalue weighted by molar-refractivity contribution is 5.81. The van der Waals surface area contributed by atoms with E-state index in [4.69, 9.17) is 4.74 Å². The van der Waals surface area contributed by atoms with Gasteiger partial charge in [-0.1, -0.05) is 19.1 Å². The molecule has 2 aliphatic heterocycles. The van der Waals surface area contributed by atoms with Gasteiger partial charge in [0, 0.05) is 38.6 Å². The van der Waals surface area contributed by atoms with E-state index in [2.05, 4.69) is 10.2 Å². The Balaban J connectivity index is 1.59. The first kappa shape index (κ1) is 17.5. The number of rotatable bonds is 5. The van der Waals surface area contributed by atoms with E-state index in [0.717, 1.165) is 24.4 Å². The minimum Gasteiger partial charge on any atom is -0.497 e. The number of methoxy groups -OCH3 is 1. The van der Waals surface area contributed by atoms with Crippen molar-refractivity contribution in [3.8, 4) is 5.75 Å². The fourth-order valence-electron chi connectivity index (χ4n) is 3.90. The predicted molar refractivity (Wildman–Crippen MR) is 92.5 cm³/mol. The van der Waals surface area contributed by atoms with Crippen molar-refractivity contribution in [3.63, 3.8) is 0 Å². The number of carbonyl (C=O) groups excluding carboxylic acids is 1. The molecule has 7 heteroatoms. The summed E-state index contributed by atoms with van der Waals surface area (Å²) in [6.07, 6.45) is 0. The minimum absolute atomic E-state index is 0.00307. The van der Waals surface area contributed by atoms with Gasteiger partial charge in [-0.3, -0.25) is 4.79 Å². The lowest BCUT2D eigenvalue weighted by molar-refractivity contribution is -0.148. The molecule has 2 atom stereocenters. The zero-order chi connectivity index (χ0) is 18.0. The average Bonchev–Trinajstić information content (AvgIpc) is 3.15. The summed E-state index contributed by atoms with van der Waals surface area (Å²) in [5.74, 6) is -0.0260. The molecule has 2 fully saturated rings. The molecule has 0 aliphatic carbocycles. The third-order valence-electron chi connectivity index (χ3n) is 5.44. The molecule has 2 saturated heterocycles. The first-order valence-electron chi connectivity index (χ1n) is 8.60. The number of hydrogen-bond acceptors (Lipinski definition) is 4. The predicted octanol–water partition coefficient (Wildman–Crippen LogP) is 1.24. The Hall–Kier alpha value is -2.28. The van der Waals surface area contributed by atoms with Crippen LogP contribution in [0.4, 0.5) is 4.79 Å². The van der Waals surface area contributed by atoms with Crippen molar-refractivity contribution in [2.45, 2.75) is 13.5 Å². The summed E-state index contributed by atoms with van der Waals surface area (Å²) >= 11 is 0. The number of ether oxygens (including phenoxy) is 1. The normalized spacial score (nSPS) is 25.7. The van der Waals surface area contributed by atoms with E-state index in [1.54, 1.807) is 12.0 Å². The molecule has 0 unspecified atom stereocenters. The molecule has 0 saturated carbocycles. The maximum Gasteiger partial charge on any atom is 0.317 e. The summed E-state index contributed by atoms with van der Waals surface area (Å²) in [4.78, 5) is 28.2. The number of nitrogens with zero attached hydrogens (tertiary/aromatic N) is 2. The number of aliphatic carboxylic acids is 1. The van der Waals surface area contributed by atoms with E-state index < -0.39 is 11.4 Å². The Kier molecular flexibility index (Phi) is 4.85. The molecule has 2 aliphatic rings. The molecule has 25 heavy (non-hydrogen) atoms. The van der Waals surface area contributed by atoms with Gasteiger partial charge in [-0.05, 0) is 24.2 Å². The van der Waals surface area contributed by atoms with Gasteiger partial charge in [-0.15, -0.1) is 0 Å². The molecule has 136 valence electrons. The quantitative estimate of drug-likeness (QED) is 0.838. The lowest BCUT2D eigenvalue weighted by atomic mass is 9.81. The van der Waals surface area contributed by atoms with Crippen LogP contribution in [-0.4, -0.2) is 66.7 Å². The van der Waals surface area contributed by atoms with Crippen LogP contribution in [0.25, 0.3) is 0 Å². The minimum atomic E-state index is -0.826. The molecule has 2 heterocycles. The molecule has 0 aromatic heterocycles. The number of amides is 2. The summed E-state index contributed by atoms with van der Waals surface area (Å²) in [5, 5.41) is 12.6. The van der Waals surface area contributed by atoms with Gasteiger partial charge < -0.3 is 25.0 Å². The van der Waals surface area contributed by atoms with Gasteiger partial charge in [0.25, 0.3) is 0 Å². The van der Waals surface area contributed by atoms with E-state index in [-0.39, 0.29) is 18.5 Å². The fraction of sp³-hybridized carbons (Fsp3) is 0.556. The van der Waals surface area contributed by atoms with Crippen LogP contribution in [0.5, 0.6) is 5.75 Å². The first-order valence-corrected chi connectivity index (χ1v) is 8.60. The summed E-state index contributed by atoms with van der Waals surface area (Å²) in [5.41, 5.74) is 0.145. The topological polar surface area (TPSA) is 82.1 Å². The smallest absolute Gasteiger partial charge is 0.317 e. The van der Waals surface area contributed by atoms with Crippen molar-refractivity contribution in [1.82, 2.24) is 15.1 Å². The molecule has 1 aromatic rings. The van der Waals surface area contributed by atoms with Crippen LogP contribution >= 0.6 is 0 Å². The summed E-state index contributed by atoms with van der Waals surface area (Å²) in [7, 11) is 1.61. The van der Waals surface area contributed by atoms with Crippen molar-refractivity contribution in [1.29, 1.82) is 0 Å². The van der Waals surface area contributed by atoms with Crippen LogP contribution < -0.4 is 10.1 Å². The van der Waals surface area contributed by atoms with Gasteiger partial charge in [0.1, 0.15) is 11.2 Å². The lowest BCUT2D eigenvalue weighted by Gasteiger charge is -2.25. The number of carboxylic acid groups (broad SMARTS) is 1. The average molecular weight is 347 g/mol. The van der Waals surface area contributed by atoms with Gasteiger partial charge in [0.15, 0.2) is 0 Å². The van der Waals surface area contributed by atoms with Gasteiger partial charge in [-0.25, -0.2) is 4.79 Å². The van der Waals surface area contributed by atoms with E-state index in [1.165, 1.54) is 0 Å². The zero-order valence-corrected chi connectivity index (χ0v) is 14.7. The number of likely N-dealkylation sites (tertiary alicyclic amines) is 2. The highest BCUT2D eigenvalue weighted by Gasteiger charge is 2.58. The van der Waals surface area contributed by atoms with Crippen molar-refractivity contribution in [3.05, 3.63) is 29.8 Å². The second kappa shape index (κ2) is 6.92. The van der Waals surface area contributed by atoms with Crippen molar-refractivity contribution in [2.75, 3.05) is 39.8 Å². The van der Waals surface area contributed by atoms with E-state index in [1.807, 2.05) is 31.2 Å². The zero-order valence-electron chi connectivity index (χ0n) is 14.7. The molecule has 3 rings (SSSR count). The second-order valence-electron chi connectivity index (χ2n) is 6.87. The molecule has 2 amide bonds. The molecule has 0 radical (unpaired) electrons. The summed E-state index contributed by atoms with van der Waals surface area (Å²) in [6, 6.07) is 7.29. The molecule has 2 N–H and O–H groups in total. The van der Waals surface area contributed by atoms with Gasteiger partial charge >= 0.3 is 12.0 Å². The van der Waals surface area contributed by atoms with Crippen LogP contribution in [0, 0.1) is 11.3 Å². The maximum absolute atomic E-state index is 12.5. The van der Waals surface area contributed by atoms with Crippen LogP contribution in [0.2, 0.25) is 0 Å². The van der Waals surface area contributed by atoms with Crippen LogP contribution in [0.15, 0.2) is 24.3 Å². The highest BCUT2D eigenvalue weighted by atomic mass is 16.5. The van der Waals surface area contributed by atoms with Crippen LogP contribution in [0.3, 0.4) is 0 Å². The molecule has 7 nitrogen and oxygen atoms in total. The third-order valence-corrected chi connectivity index (χ3v) is 5.44. The van der Waals surface area contributed by atoms with Crippen molar-refractivity contribution in [2.24, 2.45) is 11.3 Å². The SMILES string of the molecule is CCN1C[C@H]2CN(C(=O)NCc3ccc(OC)cc3)C[C@@]2(C(=O)O)C1. The molecule has 0 bridgehead atoms. The Morgan fingerprint density at radius 2 is 2.00 bits per heavy atom. The highest BCUT2D eigenvalue weighted by Crippen LogP contribution is 2.42. The lowest BCUT2D eigenvalue weighted by Crippen LogP contribution is -2.44. The van der Waals surface area contributed by atoms with Crippen LogP contribution in [-0.2, 0) is 11.3 Å². The second-order valence-corrected chi connectivity index (χ2v) is 6.87. The standard InChI is InChI=1S/C18H25N3O4/c1-3-20-9-14-10-21(12-18(14,11-20)16(22)23)17(24)19-8-13-4-6-15(25-2)7-5-13/h4-7,14H,3,8-12H2,1-2H3,(H,19,24)(H,22,23)/t14-,18-/m0/s1. The monoisotopic (exact) mass is 347 g/mol. The Bertz CT molecular complexity index is 648. The number of carboxylic acids is 1. The van der Waals surface area contributed by atoms with Crippen LogP contribution in [0.1, 0.15) is 12.5 Å². The van der Waals surface area contributed by atoms with Crippen molar-refractivity contribution >= 4 is 12.0 Å². The molecular formula is C18H25N3O4. The Labute approximate surface area is 147 Å². The number of urea groups is 1. The number of nitrogens with one attached hydrogen (secondary N) is 1. The molecule has 1 aromatic carbocycles. The number of hydrogen-bond donors (Lipinski definition) is 2. The molecule has 0 spiro atoms. The Morgan fingerprint density at radius 1 is 1.28 bits per heavy atom. The van der Waals surface area contributed by atoms with E-state index in [9.17, 15) is 14.7 Å². The maximum atomic E-state index is 12.5.